The van der Waals surface area contributed by atoms with Crippen LogP contribution in [-0.4, -0.2) is 28.8 Å². The van der Waals surface area contributed by atoms with E-state index in [-0.39, 0.29) is 0 Å². The largest absolute Gasteiger partial charge is 0.482 e. The summed E-state index contributed by atoms with van der Waals surface area (Å²) >= 11 is 0. The molecule has 1 rings (SSSR count). The lowest BCUT2D eigenvalue weighted by Gasteiger charge is -2.02. The average molecular weight is 222 g/mol. The fourth-order valence-electron chi connectivity index (χ4n) is 0.988. The van der Waals surface area contributed by atoms with Crippen LogP contribution in [0.4, 0.5) is 0 Å². The number of ether oxygens (including phenoxy) is 1. The molecule has 0 aromatic heterocycles. The lowest BCUT2D eigenvalue weighted by atomic mass is 10.2. The molecule has 0 aliphatic rings. The van der Waals surface area contributed by atoms with Gasteiger partial charge in [0.15, 0.2) is 6.61 Å². The molecule has 84 valence electrons. The van der Waals surface area contributed by atoms with E-state index in [1.54, 1.807) is 24.3 Å². The molecule has 0 radical (unpaired) electrons. The summed E-state index contributed by atoms with van der Waals surface area (Å²) in [6.45, 7) is -0.399. The lowest BCUT2D eigenvalue weighted by molar-refractivity contribution is -0.139. The molecule has 5 heteroatoms. The van der Waals surface area contributed by atoms with Crippen molar-refractivity contribution in [2.24, 2.45) is 0 Å². The molecular weight excluding hydrogens is 212 g/mol. The fraction of sp³-hybridized carbons (Fsp3) is 0.0909. The van der Waals surface area contributed by atoms with Gasteiger partial charge in [0.2, 0.25) is 0 Å². The number of aliphatic carboxylic acids is 2. The van der Waals surface area contributed by atoms with Crippen LogP contribution in [0.15, 0.2) is 30.3 Å². The van der Waals surface area contributed by atoms with Gasteiger partial charge in [0.05, 0.1) is 0 Å². The highest BCUT2D eigenvalue weighted by Gasteiger charge is 1.98. The molecule has 1 aromatic rings. The van der Waals surface area contributed by atoms with Gasteiger partial charge in [-0.3, -0.25) is 0 Å². The van der Waals surface area contributed by atoms with E-state index in [4.69, 9.17) is 14.9 Å². The number of carboxylic acid groups (broad SMARTS) is 2. The van der Waals surface area contributed by atoms with Gasteiger partial charge in [0, 0.05) is 6.08 Å². The van der Waals surface area contributed by atoms with Crippen molar-refractivity contribution < 1.29 is 24.5 Å². The molecule has 0 spiro atoms. The van der Waals surface area contributed by atoms with E-state index in [9.17, 15) is 9.59 Å². The molecule has 0 unspecified atom stereocenters. The first-order chi connectivity index (χ1) is 7.58. The number of carbonyl (C=O) groups is 2. The molecule has 0 fully saturated rings. The summed E-state index contributed by atoms with van der Waals surface area (Å²) in [6, 6.07) is 6.42. The van der Waals surface area contributed by atoms with Gasteiger partial charge in [0.25, 0.3) is 0 Å². The molecule has 0 bridgehead atoms. The standard InChI is InChI=1S/C11H10O5/c12-10(13)6-3-8-1-4-9(5-2-8)16-7-11(14)15/h1-6H,7H2,(H,12,13)(H,14,15)/b6-3+. The van der Waals surface area contributed by atoms with Crippen molar-refractivity contribution in [3.63, 3.8) is 0 Å². The summed E-state index contributed by atoms with van der Waals surface area (Å²) in [7, 11) is 0. The first-order valence-corrected chi connectivity index (χ1v) is 4.43. The number of rotatable bonds is 5. The van der Waals surface area contributed by atoms with E-state index in [1.807, 2.05) is 0 Å². The minimum absolute atomic E-state index is 0.399. The monoisotopic (exact) mass is 222 g/mol. The summed E-state index contributed by atoms with van der Waals surface area (Å²) in [6.07, 6.45) is 2.45. The van der Waals surface area contributed by atoms with E-state index in [0.717, 1.165) is 6.08 Å². The van der Waals surface area contributed by atoms with Crippen LogP contribution in [0.3, 0.4) is 0 Å². The average Bonchev–Trinajstić information content (AvgIpc) is 2.25. The van der Waals surface area contributed by atoms with Gasteiger partial charge >= 0.3 is 11.9 Å². The van der Waals surface area contributed by atoms with Crippen LogP contribution in [0.2, 0.25) is 0 Å². The highest BCUT2D eigenvalue weighted by molar-refractivity contribution is 5.85. The summed E-state index contributed by atoms with van der Waals surface area (Å²) in [5.41, 5.74) is 0.699. The van der Waals surface area contributed by atoms with Crippen LogP contribution in [0.5, 0.6) is 5.75 Å². The van der Waals surface area contributed by atoms with E-state index < -0.39 is 18.5 Å². The molecule has 0 aliphatic carbocycles. The SMILES string of the molecule is O=C(O)/C=C/c1ccc(OCC(=O)O)cc1. The highest BCUT2D eigenvalue weighted by Crippen LogP contribution is 2.12. The van der Waals surface area contributed by atoms with Gasteiger partial charge in [-0.1, -0.05) is 12.1 Å². The minimum atomic E-state index is -1.05. The van der Waals surface area contributed by atoms with E-state index in [2.05, 4.69) is 0 Å². The molecular formula is C11H10O5. The zero-order valence-corrected chi connectivity index (χ0v) is 8.29. The third-order valence-corrected chi connectivity index (χ3v) is 1.66. The van der Waals surface area contributed by atoms with E-state index in [1.165, 1.54) is 6.08 Å². The quantitative estimate of drug-likeness (QED) is 0.732. The van der Waals surface area contributed by atoms with Gasteiger partial charge in [-0.15, -0.1) is 0 Å². The summed E-state index contributed by atoms with van der Waals surface area (Å²) in [5, 5.41) is 16.8. The third kappa shape index (κ3) is 4.28. The Labute approximate surface area is 91.6 Å². The number of hydrogen-bond acceptors (Lipinski definition) is 3. The maximum absolute atomic E-state index is 10.2. The molecule has 0 aliphatic heterocycles. The third-order valence-electron chi connectivity index (χ3n) is 1.66. The second kappa shape index (κ2) is 5.55. The van der Waals surface area contributed by atoms with E-state index in [0.29, 0.717) is 11.3 Å². The Kier molecular flexibility index (Phi) is 4.08. The van der Waals surface area contributed by atoms with Crippen LogP contribution < -0.4 is 4.74 Å². The number of hydrogen-bond donors (Lipinski definition) is 2. The molecule has 0 amide bonds. The van der Waals surface area contributed by atoms with Gasteiger partial charge in [-0.05, 0) is 23.8 Å². The van der Waals surface area contributed by atoms with Crippen molar-refractivity contribution in [1.29, 1.82) is 0 Å². The van der Waals surface area contributed by atoms with Gasteiger partial charge in [-0.2, -0.15) is 0 Å². The first kappa shape index (κ1) is 11.8. The smallest absolute Gasteiger partial charge is 0.341 e. The Bertz CT molecular complexity index is 405. The summed E-state index contributed by atoms with van der Waals surface area (Å²) < 4.78 is 4.91. The molecule has 0 saturated carbocycles. The minimum Gasteiger partial charge on any atom is -0.482 e. The maximum atomic E-state index is 10.2. The first-order valence-electron chi connectivity index (χ1n) is 4.43. The second-order valence-corrected chi connectivity index (χ2v) is 2.92. The van der Waals surface area contributed by atoms with Crippen LogP contribution in [0.25, 0.3) is 6.08 Å². The Hall–Kier alpha value is -2.30. The van der Waals surface area contributed by atoms with E-state index >= 15 is 0 Å². The van der Waals surface area contributed by atoms with Crippen molar-refractivity contribution in [2.45, 2.75) is 0 Å². The molecule has 1 aromatic carbocycles. The van der Waals surface area contributed by atoms with Crippen LogP contribution in [0, 0.1) is 0 Å². The maximum Gasteiger partial charge on any atom is 0.341 e. The van der Waals surface area contributed by atoms with Crippen molar-refractivity contribution in [1.82, 2.24) is 0 Å². The van der Waals surface area contributed by atoms with Crippen molar-refractivity contribution in [3.8, 4) is 5.75 Å². The normalized spacial score (nSPS) is 10.2. The fourth-order valence-corrected chi connectivity index (χ4v) is 0.988. The number of carboxylic acids is 2. The molecule has 0 heterocycles. The zero-order chi connectivity index (χ0) is 12.0. The Morgan fingerprint density at radius 3 is 2.31 bits per heavy atom. The predicted octanol–water partition coefficient (Wildman–Crippen LogP) is 1.25. The Morgan fingerprint density at radius 2 is 1.81 bits per heavy atom. The Balaban J connectivity index is 2.60. The van der Waals surface area contributed by atoms with Crippen LogP contribution >= 0.6 is 0 Å². The Morgan fingerprint density at radius 1 is 1.19 bits per heavy atom. The molecule has 16 heavy (non-hydrogen) atoms. The highest BCUT2D eigenvalue weighted by atomic mass is 16.5. The molecule has 5 nitrogen and oxygen atoms in total. The number of benzene rings is 1. The summed E-state index contributed by atoms with van der Waals surface area (Å²) in [4.78, 5) is 20.5. The van der Waals surface area contributed by atoms with Crippen molar-refractivity contribution in [2.75, 3.05) is 6.61 Å². The summed E-state index contributed by atoms with van der Waals surface area (Å²) in [5.74, 6) is -1.64. The molecule has 2 N–H and O–H groups in total. The van der Waals surface area contributed by atoms with Crippen molar-refractivity contribution >= 4 is 18.0 Å². The second-order valence-electron chi connectivity index (χ2n) is 2.92. The topological polar surface area (TPSA) is 83.8 Å². The zero-order valence-electron chi connectivity index (χ0n) is 8.29. The predicted molar refractivity (Wildman–Crippen MR) is 56.2 cm³/mol. The molecule has 0 saturated heterocycles. The van der Waals surface area contributed by atoms with Gasteiger partial charge in [0.1, 0.15) is 5.75 Å². The van der Waals surface area contributed by atoms with Gasteiger partial charge in [-0.25, -0.2) is 9.59 Å². The van der Waals surface area contributed by atoms with Crippen LogP contribution in [-0.2, 0) is 9.59 Å². The molecule has 0 atom stereocenters. The van der Waals surface area contributed by atoms with Crippen molar-refractivity contribution in [3.05, 3.63) is 35.9 Å². The lowest BCUT2D eigenvalue weighted by Crippen LogP contribution is -2.09. The van der Waals surface area contributed by atoms with Crippen LogP contribution in [0.1, 0.15) is 5.56 Å². The van der Waals surface area contributed by atoms with Gasteiger partial charge < -0.3 is 14.9 Å².